The van der Waals surface area contributed by atoms with Crippen molar-refractivity contribution in [3.8, 4) is 5.75 Å². The van der Waals surface area contributed by atoms with Crippen molar-refractivity contribution in [2.24, 2.45) is 0 Å². The number of ether oxygens (including phenoxy) is 1. The molecule has 0 aromatic heterocycles. The third-order valence-corrected chi connectivity index (χ3v) is 4.17. The minimum absolute atomic E-state index is 0.0765. The first-order valence-electron chi connectivity index (χ1n) is 8.65. The van der Waals surface area contributed by atoms with Crippen molar-refractivity contribution in [3.05, 3.63) is 65.9 Å². The molecule has 0 radical (unpaired) electrons. The second-order valence-corrected chi connectivity index (χ2v) is 6.46. The summed E-state index contributed by atoms with van der Waals surface area (Å²) in [4.78, 5) is 16.9. The van der Waals surface area contributed by atoms with Crippen molar-refractivity contribution in [3.63, 3.8) is 0 Å². The molecular formula is C21H24N2O2. The van der Waals surface area contributed by atoms with E-state index in [0.29, 0.717) is 12.3 Å². The van der Waals surface area contributed by atoms with Crippen LogP contribution in [0.25, 0.3) is 6.08 Å². The van der Waals surface area contributed by atoms with Gasteiger partial charge in [0.15, 0.2) is 11.5 Å². The van der Waals surface area contributed by atoms with Crippen molar-refractivity contribution in [1.29, 1.82) is 0 Å². The van der Waals surface area contributed by atoms with E-state index in [1.165, 1.54) is 0 Å². The van der Waals surface area contributed by atoms with E-state index < -0.39 is 0 Å². The fourth-order valence-corrected chi connectivity index (χ4v) is 2.88. The van der Waals surface area contributed by atoms with Gasteiger partial charge in [0, 0.05) is 6.54 Å². The van der Waals surface area contributed by atoms with Gasteiger partial charge in [0.2, 0.25) is 0 Å². The number of carbonyl (C=O) groups excluding carboxylic acids is 1. The number of fused-ring (bicyclic) bond motifs is 1. The van der Waals surface area contributed by atoms with Gasteiger partial charge in [0.1, 0.15) is 0 Å². The van der Waals surface area contributed by atoms with E-state index in [4.69, 9.17) is 4.74 Å². The van der Waals surface area contributed by atoms with Gasteiger partial charge in [0.05, 0.1) is 5.69 Å². The minimum atomic E-state index is -0.0765. The Labute approximate surface area is 149 Å². The van der Waals surface area contributed by atoms with Crippen molar-refractivity contribution >= 4 is 17.7 Å². The summed E-state index contributed by atoms with van der Waals surface area (Å²) in [6.45, 7) is 1.71. The van der Waals surface area contributed by atoms with Gasteiger partial charge in [-0.15, -0.1) is 0 Å². The number of unbranched alkanes of at least 4 members (excludes halogenated alkanes) is 1. The highest BCUT2D eigenvalue weighted by Gasteiger charge is 2.29. The number of hydrogen-bond donors (Lipinski definition) is 0. The summed E-state index contributed by atoms with van der Waals surface area (Å²) < 4.78 is 5.88. The zero-order valence-corrected chi connectivity index (χ0v) is 14.8. The molecule has 0 unspecified atom stereocenters. The first-order chi connectivity index (χ1) is 12.1. The smallest absolute Gasteiger partial charge is 0.294 e. The highest BCUT2D eigenvalue weighted by Crippen LogP contribution is 2.35. The predicted molar refractivity (Wildman–Crippen MR) is 102 cm³/mol. The normalized spacial score (nSPS) is 15.4. The molecule has 0 saturated heterocycles. The Morgan fingerprint density at radius 2 is 1.72 bits per heavy atom. The van der Waals surface area contributed by atoms with Crippen molar-refractivity contribution < 1.29 is 9.53 Å². The second kappa shape index (κ2) is 7.99. The van der Waals surface area contributed by atoms with Gasteiger partial charge in [0.25, 0.3) is 5.91 Å². The average molecular weight is 336 g/mol. The van der Waals surface area contributed by atoms with E-state index >= 15 is 0 Å². The second-order valence-electron chi connectivity index (χ2n) is 6.46. The number of hydrogen-bond acceptors (Lipinski definition) is 3. The van der Waals surface area contributed by atoms with E-state index in [-0.39, 0.29) is 5.91 Å². The zero-order chi connectivity index (χ0) is 17.6. The molecule has 0 aliphatic carbocycles. The van der Waals surface area contributed by atoms with Crippen molar-refractivity contribution in [2.75, 3.05) is 32.1 Å². The van der Waals surface area contributed by atoms with E-state index in [0.717, 1.165) is 36.4 Å². The number of amides is 1. The topological polar surface area (TPSA) is 32.8 Å². The van der Waals surface area contributed by atoms with E-state index in [1.54, 1.807) is 0 Å². The van der Waals surface area contributed by atoms with E-state index in [1.807, 2.05) is 65.6 Å². The monoisotopic (exact) mass is 336 g/mol. The number of para-hydroxylation sites is 2. The molecule has 25 heavy (non-hydrogen) atoms. The molecule has 2 aromatic rings. The molecule has 130 valence electrons. The van der Waals surface area contributed by atoms with Crippen LogP contribution < -0.4 is 9.64 Å². The lowest BCUT2D eigenvalue weighted by Crippen LogP contribution is -2.38. The Morgan fingerprint density at radius 1 is 1.00 bits per heavy atom. The van der Waals surface area contributed by atoms with Crippen molar-refractivity contribution in [2.45, 2.75) is 12.8 Å². The first-order valence-corrected chi connectivity index (χ1v) is 8.65. The highest BCUT2D eigenvalue weighted by atomic mass is 16.5. The van der Waals surface area contributed by atoms with Crippen LogP contribution >= 0.6 is 0 Å². The van der Waals surface area contributed by atoms with Gasteiger partial charge in [-0.25, -0.2) is 0 Å². The Balaban J connectivity index is 1.83. The molecule has 0 bridgehead atoms. The molecular weight excluding hydrogens is 312 g/mol. The summed E-state index contributed by atoms with van der Waals surface area (Å²) in [7, 11) is 4.13. The average Bonchev–Trinajstić information content (AvgIpc) is 2.62. The summed E-state index contributed by atoms with van der Waals surface area (Å²) in [6.07, 6.45) is 3.82. The predicted octanol–water partition coefficient (Wildman–Crippen LogP) is 3.79. The third-order valence-electron chi connectivity index (χ3n) is 4.17. The summed E-state index contributed by atoms with van der Waals surface area (Å²) in [5.74, 6) is 1.03. The minimum Gasteiger partial charge on any atom is -0.449 e. The lowest BCUT2D eigenvalue weighted by Gasteiger charge is -2.30. The molecule has 1 aliphatic rings. The summed E-state index contributed by atoms with van der Waals surface area (Å²) >= 11 is 0. The van der Waals surface area contributed by atoms with Crippen LogP contribution in [-0.2, 0) is 4.79 Å². The summed E-state index contributed by atoms with van der Waals surface area (Å²) in [5.41, 5.74) is 1.81. The number of carbonyl (C=O) groups is 1. The number of rotatable bonds is 6. The van der Waals surface area contributed by atoms with Gasteiger partial charge >= 0.3 is 0 Å². The molecule has 4 nitrogen and oxygen atoms in total. The molecule has 4 heteroatoms. The van der Waals surface area contributed by atoms with Crippen LogP contribution in [0.1, 0.15) is 18.4 Å². The quantitative estimate of drug-likeness (QED) is 0.594. The number of nitrogens with zero attached hydrogens (tertiary/aromatic N) is 2. The molecule has 0 spiro atoms. The largest absolute Gasteiger partial charge is 0.449 e. The lowest BCUT2D eigenvalue weighted by molar-refractivity contribution is -0.117. The van der Waals surface area contributed by atoms with E-state index in [9.17, 15) is 4.79 Å². The maximum atomic E-state index is 12.9. The highest BCUT2D eigenvalue weighted by molar-refractivity contribution is 6.09. The fraction of sp³-hybridized carbons (Fsp3) is 0.286. The Bertz CT molecular complexity index is 754. The van der Waals surface area contributed by atoms with Crippen LogP contribution in [0.3, 0.4) is 0 Å². The van der Waals surface area contributed by atoms with Gasteiger partial charge in [-0.3, -0.25) is 4.79 Å². The summed E-state index contributed by atoms with van der Waals surface area (Å²) in [6, 6.07) is 17.5. The molecule has 1 aliphatic heterocycles. The van der Waals surface area contributed by atoms with Gasteiger partial charge in [-0.1, -0.05) is 42.5 Å². The molecule has 2 aromatic carbocycles. The molecule has 1 amide bonds. The van der Waals surface area contributed by atoms with Gasteiger partial charge in [-0.05, 0) is 57.3 Å². The Morgan fingerprint density at radius 3 is 2.48 bits per heavy atom. The number of anilines is 1. The Kier molecular flexibility index (Phi) is 5.51. The first kappa shape index (κ1) is 17.2. The molecule has 0 atom stereocenters. The van der Waals surface area contributed by atoms with Gasteiger partial charge in [-0.2, -0.15) is 0 Å². The molecule has 0 saturated carbocycles. The van der Waals surface area contributed by atoms with Gasteiger partial charge < -0.3 is 14.5 Å². The fourth-order valence-electron chi connectivity index (χ4n) is 2.88. The molecule has 1 heterocycles. The van der Waals surface area contributed by atoms with Crippen LogP contribution in [-0.4, -0.2) is 38.0 Å². The maximum Gasteiger partial charge on any atom is 0.294 e. The van der Waals surface area contributed by atoms with Crippen LogP contribution in [0.5, 0.6) is 5.75 Å². The van der Waals surface area contributed by atoms with Crippen LogP contribution in [0.15, 0.2) is 60.4 Å². The SMILES string of the molecule is CN(C)CCCCN1C(=O)/C(=C/c2ccccc2)Oc2ccccc21. The zero-order valence-electron chi connectivity index (χ0n) is 14.8. The van der Waals surface area contributed by atoms with Crippen molar-refractivity contribution in [1.82, 2.24) is 4.90 Å². The molecule has 0 N–H and O–H groups in total. The lowest BCUT2D eigenvalue weighted by atomic mass is 10.1. The van der Waals surface area contributed by atoms with Crippen LogP contribution in [0.2, 0.25) is 0 Å². The molecule has 0 fully saturated rings. The standard InChI is InChI=1S/C21H24N2O2/c1-22(2)14-8-9-15-23-18-12-6-7-13-19(18)25-20(21(23)24)16-17-10-4-3-5-11-17/h3-7,10-13,16H,8-9,14-15H2,1-2H3/b20-16-. The van der Waals surface area contributed by atoms with E-state index in [2.05, 4.69) is 19.0 Å². The van der Waals surface area contributed by atoms with Crippen LogP contribution in [0, 0.1) is 0 Å². The third kappa shape index (κ3) is 4.28. The Hall–Kier alpha value is -2.59. The maximum absolute atomic E-state index is 12.9. The number of benzene rings is 2. The van der Waals surface area contributed by atoms with Crippen LogP contribution in [0.4, 0.5) is 5.69 Å². The summed E-state index contributed by atoms with van der Waals surface area (Å²) in [5, 5.41) is 0. The molecule has 3 rings (SSSR count).